The molecule has 1 aromatic rings. The topological polar surface area (TPSA) is 63.1 Å². The van der Waals surface area contributed by atoms with Crippen molar-refractivity contribution in [3.8, 4) is 0 Å². The SMILES string of the molecule is CCCCNS(=O)(=O)c1cc(CNC)n(CCC)c1. The molecule has 0 amide bonds. The Hall–Kier alpha value is -0.850. The number of aryl methyl sites for hydroxylation is 1. The summed E-state index contributed by atoms with van der Waals surface area (Å²) in [4.78, 5) is 0.363. The lowest BCUT2D eigenvalue weighted by Gasteiger charge is -2.06. The normalized spacial score (nSPS) is 11.9. The van der Waals surface area contributed by atoms with E-state index in [4.69, 9.17) is 0 Å². The molecule has 19 heavy (non-hydrogen) atoms. The van der Waals surface area contributed by atoms with Crippen molar-refractivity contribution >= 4 is 10.0 Å². The van der Waals surface area contributed by atoms with E-state index >= 15 is 0 Å². The summed E-state index contributed by atoms with van der Waals surface area (Å²) in [5.41, 5.74) is 1.00. The van der Waals surface area contributed by atoms with Gasteiger partial charge >= 0.3 is 0 Å². The van der Waals surface area contributed by atoms with Gasteiger partial charge in [-0.3, -0.25) is 0 Å². The zero-order valence-corrected chi connectivity index (χ0v) is 12.9. The number of unbranched alkanes of at least 4 members (excludes halogenated alkanes) is 1. The summed E-state index contributed by atoms with van der Waals surface area (Å²) in [7, 11) is -1.51. The van der Waals surface area contributed by atoms with Crippen LogP contribution in [-0.4, -0.2) is 26.6 Å². The van der Waals surface area contributed by atoms with Crippen molar-refractivity contribution in [3.63, 3.8) is 0 Å². The quantitative estimate of drug-likeness (QED) is 0.680. The number of sulfonamides is 1. The molecule has 0 spiro atoms. The molecule has 0 atom stereocenters. The zero-order valence-electron chi connectivity index (χ0n) is 12.1. The monoisotopic (exact) mass is 287 g/mol. The molecule has 0 aliphatic carbocycles. The fourth-order valence-corrected chi connectivity index (χ4v) is 3.05. The molecule has 2 N–H and O–H groups in total. The Morgan fingerprint density at radius 3 is 2.58 bits per heavy atom. The number of rotatable bonds is 9. The lowest BCUT2D eigenvalue weighted by molar-refractivity contribution is 0.577. The van der Waals surface area contributed by atoms with Crippen LogP contribution < -0.4 is 10.0 Å². The molecule has 0 aliphatic rings. The first-order chi connectivity index (χ1) is 9.05. The highest BCUT2D eigenvalue weighted by Crippen LogP contribution is 2.15. The van der Waals surface area contributed by atoms with Gasteiger partial charge < -0.3 is 9.88 Å². The van der Waals surface area contributed by atoms with Crippen molar-refractivity contribution < 1.29 is 8.42 Å². The average Bonchev–Trinajstić information content (AvgIpc) is 2.75. The molecular formula is C13H25N3O2S. The van der Waals surface area contributed by atoms with Crippen LogP contribution in [-0.2, 0) is 23.1 Å². The molecule has 0 radical (unpaired) electrons. The van der Waals surface area contributed by atoms with Crippen LogP contribution >= 0.6 is 0 Å². The Morgan fingerprint density at radius 2 is 2.00 bits per heavy atom. The molecule has 6 heteroatoms. The van der Waals surface area contributed by atoms with Crippen molar-refractivity contribution in [2.24, 2.45) is 0 Å². The molecule has 5 nitrogen and oxygen atoms in total. The van der Waals surface area contributed by atoms with E-state index < -0.39 is 10.0 Å². The Labute approximate surface area is 116 Å². The second kappa shape index (κ2) is 7.67. The largest absolute Gasteiger partial charge is 0.349 e. The highest BCUT2D eigenvalue weighted by molar-refractivity contribution is 7.89. The van der Waals surface area contributed by atoms with Gasteiger partial charge in [-0.25, -0.2) is 13.1 Å². The summed E-state index contributed by atoms with van der Waals surface area (Å²) in [6.07, 6.45) is 4.54. The van der Waals surface area contributed by atoms with E-state index in [0.717, 1.165) is 31.5 Å². The van der Waals surface area contributed by atoms with Crippen LogP contribution in [0.1, 0.15) is 38.8 Å². The second-order valence-corrected chi connectivity index (χ2v) is 6.41. The van der Waals surface area contributed by atoms with Crippen LogP contribution in [0.2, 0.25) is 0 Å². The lowest BCUT2D eigenvalue weighted by atomic mass is 10.3. The van der Waals surface area contributed by atoms with Gasteiger partial charge in [0, 0.05) is 31.5 Å². The lowest BCUT2D eigenvalue weighted by Crippen LogP contribution is -2.24. The number of aromatic nitrogens is 1. The minimum atomic E-state index is -3.37. The van der Waals surface area contributed by atoms with Gasteiger partial charge in [-0.15, -0.1) is 0 Å². The van der Waals surface area contributed by atoms with Gasteiger partial charge in [-0.05, 0) is 26.0 Å². The van der Waals surface area contributed by atoms with Crippen LogP contribution in [0.25, 0.3) is 0 Å². The fraction of sp³-hybridized carbons (Fsp3) is 0.692. The molecule has 0 aromatic carbocycles. The van der Waals surface area contributed by atoms with E-state index in [1.807, 2.05) is 18.5 Å². The number of hydrogen-bond donors (Lipinski definition) is 2. The standard InChI is InChI=1S/C13H25N3O2S/c1-4-6-7-15-19(17,18)13-9-12(10-14-3)16(11-13)8-5-2/h9,11,14-15H,4-8,10H2,1-3H3. The van der Waals surface area contributed by atoms with Gasteiger partial charge in [0.05, 0.1) is 4.90 Å². The molecule has 110 valence electrons. The summed E-state index contributed by atoms with van der Waals surface area (Å²) >= 11 is 0. The number of nitrogens with one attached hydrogen (secondary N) is 2. The summed E-state index contributed by atoms with van der Waals surface area (Å²) < 4.78 is 28.9. The average molecular weight is 287 g/mol. The first-order valence-corrected chi connectivity index (χ1v) is 8.36. The summed E-state index contributed by atoms with van der Waals surface area (Å²) in [6.45, 7) is 6.12. The first kappa shape index (κ1) is 16.2. The molecular weight excluding hydrogens is 262 g/mol. The van der Waals surface area contributed by atoms with Crippen LogP contribution in [0.3, 0.4) is 0 Å². The molecule has 0 fully saturated rings. The van der Waals surface area contributed by atoms with Crippen molar-refractivity contribution in [2.75, 3.05) is 13.6 Å². The Morgan fingerprint density at radius 1 is 1.26 bits per heavy atom. The van der Waals surface area contributed by atoms with Gasteiger partial charge in [0.15, 0.2) is 0 Å². The second-order valence-electron chi connectivity index (χ2n) is 4.64. The predicted octanol–water partition coefficient (Wildman–Crippen LogP) is 1.70. The van der Waals surface area contributed by atoms with E-state index in [-0.39, 0.29) is 0 Å². The summed E-state index contributed by atoms with van der Waals surface area (Å²) in [5, 5.41) is 3.06. The number of nitrogens with zero attached hydrogens (tertiary/aromatic N) is 1. The third-order valence-corrected chi connectivity index (χ3v) is 4.34. The molecule has 1 aromatic heterocycles. The fourth-order valence-electron chi connectivity index (χ4n) is 1.92. The van der Waals surface area contributed by atoms with Gasteiger partial charge in [0.1, 0.15) is 0 Å². The highest BCUT2D eigenvalue weighted by atomic mass is 32.2. The molecule has 0 bridgehead atoms. The zero-order chi connectivity index (χ0) is 14.3. The van der Waals surface area contributed by atoms with Gasteiger partial charge in [-0.1, -0.05) is 20.3 Å². The van der Waals surface area contributed by atoms with E-state index in [1.165, 1.54) is 0 Å². The Kier molecular flexibility index (Phi) is 6.54. The maximum Gasteiger partial charge on any atom is 0.242 e. The summed E-state index contributed by atoms with van der Waals surface area (Å²) in [6, 6.07) is 1.75. The van der Waals surface area contributed by atoms with Crippen LogP contribution in [0.15, 0.2) is 17.2 Å². The Balaban J connectivity index is 2.90. The molecule has 1 heterocycles. The number of hydrogen-bond acceptors (Lipinski definition) is 3. The minimum absolute atomic E-state index is 0.363. The maximum atomic E-state index is 12.1. The highest BCUT2D eigenvalue weighted by Gasteiger charge is 2.17. The van der Waals surface area contributed by atoms with Crippen molar-refractivity contribution in [1.29, 1.82) is 0 Å². The molecule has 0 saturated heterocycles. The molecule has 0 saturated carbocycles. The van der Waals surface area contributed by atoms with Crippen LogP contribution in [0, 0.1) is 0 Å². The van der Waals surface area contributed by atoms with Crippen LogP contribution in [0.4, 0.5) is 0 Å². The smallest absolute Gasteiger partial charge is 0.242 e. The van der Waals surface area contributed by atoms with Crippen molar-refractivity contribution in [2.45, 2.75) is 51.1 Å². The van der Waals surface area contributed by atoms with Gasteiger partial charge in [0.25, 0.3) is 0 Å². The van der Waals surface area contributed by atoms with Crippen LogP contribution in [0.5, 0.6) is 0 Å². The van der Waals surface area contributed by atoms with Gasteiger partial charge in [0.2, 0.25) is 10.0 Å². The maximum absolute atomic E-state index is 12.1. The van der Waals surface area contributed by atoms with E-state index in [9.17, 15) is 8.42 Å². The third-order valence-electron chi connectivity index (χ3n) is 2.92. The summed E-state index contributed by atoms with van der Waals surface area (Å²) in [5.74, 6) is 0. The van der Waals surface area contributed by atoms with E-state index in [0.29, 0.717) is 18.0 Å². The van der Waals surface area contributed by atoms with Crippen molar-refractivity contribution in [3.05, 3.63) is 18.0 Å². The van der Waals surface area contributed by atoms with E-state index in [2.05, 4.69) is 17.0 Å². The van der Waals surface area contributed by atoms with E-state index in [1.54, 1.807) is 12.3 Å². The van der Waals surface area contributed by atoms with Crippen molar-refractivity contribution in [1.82, 2.24) is 14.6 Å². The molecule has 0 unspecified atom stereocenters. The third kappa shape index (κ3) is 4.63. The predicted molar refractivity (Wildman–Crippen MR) is 77.6 cm³/mol. The molecule has 1 rings (SSSR count). The first-order valence-electron chi connectivity index (χ1n) is 6.88. The minimum Gasteiger partial charge on any atom is -0.349 e. The Bertz CT molecular complexity index is 457. The molecule has 0 aliphatic heterocycles. The van der Waals surface area contributed by atoms with Gasteiger partial charge in [-0.2, -0.15) is 0 Å².